The second-order valence-electron chi connectivity index (χ2n) is 5.73. The van der Waals surface area contributed by atoms with Gasteiger partial charge in [-0.3, -0.25) is 4.90 Å². The normalized spacial score (nSPS) is 27.5. The molecule has 0 unspecified atom stereocenters. The van der Waals surface area contributed by atoms with Crippen LogP contribution < -0.4 is 4.72 Å². The molecule has 0 radical (unpaired) electrons. The van der Waals surface area contributed by atoms with Crippen molar-refractivity contribution in [3.05, 3.63) is 11.5 Å². The van der Waals surface area contributed by atoms with E-state index in [2.05, 4.69) is 14.8 Å². The summed E-state index contributed by atoms with van der Waals surface area (Å²) in [6.45, 7) is 6.25. The number of likely N-dealkylation sites (tertiary alicyclic amines) is 1. The molecule has 2 aliphatic rings. The van der Waals surface area contributed by atoms with Crippen LogP contribution in [0, 0.1) is 13.8 Å². The summed E-state index contributed by atoms with van der Waals surface area (Å²) in [4.78, 5) is 2.46. The summed E-state index contributed by atoms with van der Waals surface area (Å²) >= 11 is 0. The van der Waals surface area contributed by atoms with Gasteiger partial charge in [0.1, 0.15) is 10.6 Å². The molecule has 7 nitrogen and oxygen atoms in total. The molecule has 1 aromatic rings. The van der Waals surface area contributed by atoms with Gasteiger partial charge in [0.05, 0.1) is 25.3 Å². The molecule has 0 aromatic carbocycles. The number of aryl methyl sites for hydroxylation is 2. The molecule has 2 saturated heterocycles. The zero-order valence-electron chi connectivity index (χ0n) is 12.3. The molecule has 2 atom stereocenters. The molecule has 3 heterocycles. The minimum atomic E-state index is -3.64. The summed E-state index contributed by atoms with van der Waals surface area (Å²) in [7, 11) is -3.64. The average molecular weight is 315 g/mol. The average Bonchev–Trinajstić information content (AvgIpc) is 3.10. The topological polar surface area (TPSA) is 84.7 Å². The number of sulfonamides is 1. The maximum absolute atomic E-state index is 12.6. The van der Waals surface area contributed by atoms with E-state index >= 15 is 0 Å². The first kappa shape index (κ1) is 15.0. The molecule has 1 N–H and O–H groups in total. The van der Waals surface area contributed by atoms with Gasteiger partial charge < -0.3 is 9.26 Å². The fourth-order valence-electron chi connectivity index (χ4n) is 3.21. The van der Waals surface area contributed by atoms with Gasteiger partial charge in [0.15, 0.2) is 5.76 Å². The van der Waals surface area contributed by atoms with Crippen LogP contribution in [0.25, 0.3) is 0 Å². The summed E-state index contributed by atoms with van der Waals surface area (Å²) in [5, 5.41) is 3.72. The van der Waals surface area contributed by atoms with Crippen LogP contribution in [0.2, 0.25) is 0 Å². The van der Waals surface area contributed by atoms with E-state index in [0.717, 1.165) is 13.1 Å². The van der Waals surface area contributed by atoms with Gasteiger partial charge >= 0.3 is 0 Å². The maximum Gasteiger partial charge on any atom is 0.246 e. The van der Waals surface area contributed by atoms with Gasteiger partial charge in [0, 0.05) is 0 Å². The zero-order valence-corrected chi connectivity index (χ0v) is 13.1. The molecule has 0 amide bonds. The number of aromatic nitrogens is 1. The summed E-state index contributed by atoms with van der Waals surface area (Å²) in [5.41, 5.74) is 0.386. The summed E-state index contributed by atoms with van der Waals surface area (Å²) in [6.07, 6.45) is 2.33. The van der Waals surface area contributed by atoms with Gasteiger partial charge in [-0.1, -0.05) is 5.16 Å². The quantitative estimate of drug-likeness (QED) is 0.867. The van der Waals surface area contributed by atoms with Crippen LogP contribution in [0.1, 0.15) is 24.3 Å². The van der Waals surface area contributed by atoms with Crippen LogP contribution in [0.5, 0.6) is 0 Å². The Morgan fingerprint density at radius 1 is 1.24 bits per heavy atom. The maximum atomic E-state index is 12.6. The predicted octanol–water partition coefficient (Wildman–Crippen LogP) is 0.433. The molecule has 0 bridgehead atoms. The molecule has 0 saturated carbocycles. The largest absolute Gasteiger partial charge is 0.378 e. The monoisotopic (exact) mass is 315 g/mol. The van der Waals surface area contributed by atoms with Gasteiger partial charge in [0.2, 0.25) is 10.0 Å². The van der Waals surface area contributed by atoms with Crippen molar-refractivity contribution in [1.82, 2.24) is 14.8 Å². The highest BCUT2D eigenvalue weighted by Crippen LogP contribution is 2.23. The molecule has 1 aromatic heterocycles. The van der Waals surface area contributed by atoms with Crippen LogP contribution >= 0.6 is 0 Å². The van der Waals surface area contributed by atoms with Crippen LogP contribution in [-0.2, 0) is 14.8 Å². The molecular formula is C13H21N3O4S. The Balaban J connectivity index is 1.78. The zero-order chi connectivity index (χ0) is 15.0. The summed E-state index contributed by atoms with van der Waals surface area (Å²) < 4.78 is 38.4. The van der Waals surface area contributed by atoms with Gasteiger partial charge in [0.25, 0.3) is 0 Å². The smallest absolute Gasteiger partial charge is 0.246 e. The number of hydrogen-bond donors (Lipinski definition) is 1. The van der Waals surface area contributed by atoms with Crippen molar-refractivity contribution in [2.45, 2.75) is 43.7 Å². The molecule has 0 spiro atoms. The van der Waals surface area contributed by atoms with Crippen molar-refractivity contribution in [1.29, 1.82) is 0 Å². The van der Waals surface area contributed by atoms with Gasteiger partial charge in [-0.2, -0.15) is 0 Å². The third-order valence-electron chi connectivity index (χ3n) is 4.20. The molecule has 2 aliphatic heterocycles. The highest BCUT2D eigenvalue weighted by Gasteiger charge is 2.38. The van der Waals surface area contributed by atoms with E-state index in [1.165, 1.54) is 12.8 Å². The van der Waals surface area contributed by atoms with Crippen molar-refractivity contribution >= 4 is 10.0 Å². The fourth-order valence-corrected chi connectivity index (χ4v) is 4.79. The van der Waals surface area contributed by atoms with Crippen molar-refractivity contribution in [2.75, 3.05) is 26.3 Å². The Morgan fingerprint density at radius 3 is 2.57 bits per heavy atom. The number of nitrogens with one attached hydrogen (secondary N) is 1. The van der Waals surface area contributed by atoms with Crippen LogP contribution in [0.3, 0.4) is 0 Å². The van der Waals surface area contributed by atoms with Crippen LogP contribution in [0.4, 0.5) is 0 Å². The van der Waals surface area contributed by atoms with Crippen LogP contribution in [-0.4, -0.2) is 56.9 Å². The molecule has 21 heavy (non-hydrogen) atoms. The van der Waals surface area contributed by atoms with E-state index in [1.807, 2.05) is 0 Å². The second kappa shape index (κ2) is 5.68. The van der Waals surface area contributed by atoms with Gasteiger partial charge in [-0.25, -0.2) is 13.1 Å². The number of hydrogen-bond acceptors (Lipinski definition) is 6. The lowest BCUT2D eigenvalue weighted by Crippen LogP contribution is -2.50. The molecule has 118 valence electrons. The van der Waals surface area contributed by atoms with Crippen LogP contribution in [0.15, 0.2) is 9.42 Å². The Morgan fingerprint density at radius 2 is 1.95 bits per heavy atom. The number of ether oxygens (including phenoxy) is 1. The Labute approximate surface area is 124 Å². The van der Waals surface area contributed by atoms with Gasteiger partial charge in [-0.15, -0.1) is 0 Å². The lowest BCUT2D eigenvalue weighted by molar-refractivity contribution is 0.159. The number of nitrogens with zero attached hydrogens (tertiary/aromatic N) is 2. The van der Waals surface area contributed by atoms with Crippen molar-refractivity contribution in [3.8, 4) is 0 Å². The van der Waals surface area contributed by atoms with E-state index in [-0.39, 0.29) is 17.0 Å². The highest BCUT2D eigenvalue weighted by atomic mass is 32.2. The first-order chi connectivity index (χ1) is 9.99. The lowest BCUT2D eigenvalue weighted by Gasteiger charge is -2.27. The van der Waals surface area contributed by atoms with E-state index < -0.39 is 10.0 Å². The lowest BCUT2D eigenvalue weighted by atomic mass is 10.1. The van der Waals surface area contributed by atoms with E-state index in [1.54, 1.807) is 13.8 Å². The van der Waals surface area contributed by atoms with Crippen molar-refractivity contribution in [2.24, 2.45) is 0 Å². The Hall–Kier alpha value is -0.960. The molecule has 3 rings (SSSR count). The Kier molecular flexibility index (Phi) is 4.04. The van der Waals surface area contributed by atoms with Gasteiger partial charge in [-0.05, 0) is 39.8 Å². The second-order valence-corrected chi connectivity index (χ2v) is 7.38. The first-order valence-corrected chi connectivity index (χ1v) is 8.74. The molecule has 8 heteroatoms. The minimum absolute atomic E-state index is 0.114. The molecule has 2 fully saturated rings. The van der Waals surface area contributed by atoms with Crippen molar-refractivity contribution in [3.63, 3.8) is 0 Å². The van der Waals surface area contributed by atoms with E-state index in [4.69, 9.17) is 9.26 Å². The minimum Gasteiger partial charge on any atom is -0.378 e. The summed E-state index contributed by atoms with van der Waals surface area (Å²) in [5.74, 6) is 0.316. The molecule has 0 aliphatic carbocycles. The van der Waals surface area contributed by atoms with E-state index in [0.29, 0.717) is 24.7 Å². The third-order valence-corrected chi connectivity index (χ3v) is 5.94. The third kappa shape index (κ3) is 2.85. The highest BCUT2D eigenvalue weighted by molar-refractivity contribution is 7.89. The SMILES string of the molecule is Cc1noc(C)c1S(=O)(=O)N[C@H]1COC[C@@H]1N1CCCC1. The number of rotatable bonds is 4. The van der Waals surface area contributed by atoms with Crippen molar-refractivity contribution < 1.29 is 17.7 Å². The fraction of sp³-hybridized carbons (Fsp3) is 0.769. The standard InChI is InChI=1S/C13H21N3O4S/c1-9-13(10(2)20-14-9)21(17,18)15-11-7-19-8-12(11)16-5-3-4-6-16/h11-12,15H,3-8H2,1-2H3/t11-,12-/m0/s1. The van der Waals surface area contributed by atoms with E-state index in [9.17, 15) is 8.42 Å². The molecular weight excluding hydrogens is 294 g/mol. The Bertz CT molecular complexity index is 587. The predicted molar refractivity (Wildman–Crippen MR) is 75.5 cm³/mol. The summed E-state index contributed by atoms with van der Waals surface area (Å²) in [6, 6.07) is -0.107. The first-order valence-electron chi connectivity index (χ1n) is 7.26.